The number of amides is 1. The van der Waals surface area contributed by atoms with Gasteiger partial charge >= 0.3 is 0 Å². The zero-order valence-electron chi connectivity index (χ0n) is 11.0. The molecule has 1 N–H and O–H groups in total. The SMILES string of the molecule is O=C(Nc1nc(-c2ccccn2)ns1)c1ccc(F)c(Cl)c1. The largest absolute Gasteiger partial charge is 0.297 e. The van der Waals surface area contributed by atoms with E-state index in [4.69, 9.17) is 11.6 Å². The van der Waals surface area contributed by atoms with E-state index in [9.17, 15) is 9.18 Å². The first kappa shape index (κ1) is 14.6. The number of halogens is 2. The maximum atomic E-state index is 13.1. The lowest BCUT2D eigenvalue weighted by Gasteiger charge is -2.02. The first-order chi connectivity index (χ1) is 10.6. The minimum absolute atomic E-state index is 0.112. The molecule has 3 aromatic rings. The van der Waals surface area contributed by atoms with E-state index in [0.717, 1.165) is 17.6 Å². The van der Waals surface area contributed by atoms with E-state index < -0.39 is 11.7 Å². The molecule has 0 saturated carbocycles. The van der Waals surface area contributed by atoms with Crippen LogP contribution in [-0.4, -0.2) is 20.2 Å². The van der Waals surface area contributed by atoms with Crippen molar-refractivity contribution >= 4 is 34.2 Å². The smallest absolute Gasteiger partial charge is 0.257 e. The average Bonchev–Trinajstić information content (AvgIpc) is 2.99. The highest BCUT2D eigenvalue weighted by molar-refractivity contribution is 7.10. The van der Waals surface area contributed by atoms with E-state index in [1.165, 1.54) is 12.1 Å². The molecule has 0 bridgehead atoms. The molecule has 0 aliphatic rings. The Kier molecular flexibility index (Phi) is 4.08. The first-order valence-corrected chi connectivity index (χ1v) is 7.30. The van der Waals surface area contributed by atoms with E-state index >= 15 is 0 Å². The number of hydrogen-bond acceptors (Lipinski definition) is 5. The monoisotopic (exact) mass is 334 g/mol. The minimum atomic E-state index is -0.577. The van der Waals surface area contributed by atoms with Crippen LogP contribution in [0.3, 0.4) is 0 Å². The van der Waals surface area contributed by atoms with Crippen LogP contribution >= 0.6 is 23.1 Å². The topological polar surface area (TPSA) is 67.8 Å². The molecule has 0 spiro atoms. The molecule has 3 rings (SSSR count). The summed E-state index contributed by atoms with van der Waals surface area (Å²) in [6, 6.07) is 9.12. The lowest BCUT2D eigenvalue weighted by atomic mass is 10.2. The predicted molar refractivity (Wildman–Crippen MR) is 82.5 cm³/mol. The van der Waals surface area contributed by atoms with Crippen molar-refractivity contribution in [3.8, 4) is 11.5 Å². The van der Waals surface area contributed by atoms with Gasteiger partial charge in [-0.3, -0.25) is 15.1 Å². The van der Waals surface area contributed by atoms with Crippen molar-refractivity contribution < 1.29 is 9.18 Å². The molecule has 22 heavy (non-hydrogen) atoms. The van der Waals surface area contributed by atoms with Gasteiger partial charge in [0.15, 0.2) is 5.82 Å². The summed E-state index contributed by atoms with van der Waals surface area (Å²) in [7, 11) is 0. The fourth-order valence-corrected chi connectivity index (χ4v) is 2.43. The van der Waals surface area contributed by atoms with Crippen LogP contribution in [0.15, 0.2) is 42.6 Å². The van der Waals surface area contributed by atoms with Crippen molar-refractivity contribution in [3.05, 3.63) is 59.0 Å². The number of anilines is 1. The van der Waals surface area contributed by atoms with E-state index in [1.807, 2.05) is 6.07 Å². The van der Waals surface area contributed by atoms with Gasteiger partial charge in [0.25, 0.3) is 5.91 Å². The Hall–Kier alpha value is -2.38. The molecule has 1 amide bonds. The lowest BCUT2D eigenvalue weighted by molar-refractivity contribution is 0.102. The number of pyridine rings is 1. The lowest BCUT2D eigenvalue weighted by Crippen LogP contribution is -2.11. The van der Waals surface area contributed by atoms with E-state index in [-0.39, 0.29) is 10.6 Å². The maximum absolute atomic E-state index is 13.1. The summed E-state index contributed by atoms with van der Waals surface area (Å²) in [6.07, 6.45) is 1.63. The molecule has 0 radical (unpaired) electrons. The Labute approximate surface area is 134 Å². The molecule has 0 unspecified atom stereocenters. The Bertz CT molecular complexity index is 825. The van der Waals surface area contributed by atoms with Gasteiger partial charge < -0.3 is 0 Å². The Balaban J connectivity index is 1.77. The van der Waals surface area contributed by atoms with Crippen molar-refractivity contribution in [3.63, 3.8) is 0 Å². The highest BCUT2D eigenvalue weighted by Gasteiger charge is 2.13. The van der Waals surface area contributed by atoms with Gasteiger partial charge in [-0.1, -0.05) is 17.7 Å². The van der Waals surface area contributed by atoms with Gasteiger partial charge in [-0.2, -0.15) is 9.36 Å². The molecule has 5 nitrogen and oxygen atoms in total. The third kappa shape index (κ3) is 3.10. The third-order valence-electron chi connectivity index (χ3n) is 2.72. The summed E-state index contributed by atoms with van der Waals surface area (Å²) in [4.78, 5) is 20.4. The summed E-state index contributed by atoms with van der Waals surface area (Å²) in [5, 5.41) is 2.81. The number of nitrogens with zero attached hydrogens (tertiary/aromatic N) is 3. The second-order valence-corrected chi connectivity index (χ2v) is 5.38. The molecule has 0 aliphatic heterocycles. The van der Waals surface area contributed by atoms with Crippen molar-refractivity contribution in [2.75, 3.05) is 5.32 Å². The first-order valence-electron chi connectivity index (χ1n) is 6.15. The Morgan fingerprint density at radius 1 is 1.27 bits per heavy atom. The van der Waals surface area contributed by atoms with Crippen molar-refractivity contribution in [2.45, 2.75) is 0 Å². The summed E-state index contributed by atoms with van der Waals surface area (Å²) < 4.78 is 17.2. The summed E-state index contributed by atoms with van der Waals surface area (Å²) in [5.41, 5.74) is 0.852. The molecule has 1 aromatic carbocycles. The fourth-order valence-electron chi connectivity index (χ4n) is 1.68. The molecule has 0 fully saturated rings. The second kappa shape index (κ2) is 6.17. The van der Waals surface area contributed by atoms with Gasteiger partial charge in [0.05, 0.1) is 5.02 Å². The predicted octanol–water partition coefficient (Wildman–Crippen LogP) is 3.64. The average molecular weight is 335 g/mol. The van der Waals surface area contributed by atoms with Crippen LogP contribution in [0.2, 0.25) is 5.02 Å². The van der Waals surface area contributed by atoms with Crippen LogP contribution in [-0.2, 0) is 0 Å². The van der Waals surface area contributed by atoms with Gasteiger partial charge in [-0.25, -0.2) is 4.39 Å². The van der Waals surface area contributed by atoms with Gasteiger partial charge in [-0.15, -0.1) is 0 Å². The Morgan fingerprint density at radius 3 is 2.86 bits per heavy atom. The Morgan fingerprint density at radius 2 is 2.14 bits per heavy atom. The highest BCUT2D eigenvalue weighted by atomic mass is 35.5. The van der Waals surface area contributed by atoms with Crippen LogP contribution in [0.25, 0.3) is 11.5 Å². The molecule has 0 saturated heterocycles. The standard InChI is InChI=1S/C14H8ClFN4OS/c15-9-7-8(4-5-10(9)16)13(21)19-14-18-12(20-22-14)11-3-1-2-6-17-11/h1-7H,(H,18,19,20,21). The number of hydrogen-bond donors (Lipinski definition) is 1. The molecule has 2 heterocycles. The number of aromatic nitrogens is 3. The number of benzene rings is 1. The highest BCUT2D eigenvalue weighted by Crippen LogP contribution is 2.21. The molecule has 0 aliphatic carbocycles. The zero-order valence-corrected chi connectivity index (χ0v) is 12.5. The van der Waals surface area contributed by atoms with Gasteiger partial charge in [0.1, 0.15) is 11.5 Å². The molecule has 110 valence electrons. The van der Waals surface area contributed by atoms with Gasteiger partial charge in [-0.05, 0) is 30.3 Å². The van der Waals surface area contributed by atoms with Gasteiger partial charge in [0.2, 0.25) is 5.13 Å². The number of carbonyl (C=O) groups is 1. The van der Waals surface area contributed by atoms with Crippen LogP contribution in [0.4, 0.5) is 9.52 Å². The van der Waals surface area contributed by atoms with Crippen LogP contribution in [0.5, 0.6) is 0 Å². The molecule has 2 aromatic heterocycles. The molecular formula is C14H8ClFN4OS. The van der Waals surface area contributed by atoms with Crippen molar-refractivity contribution in [2.24, 2.45) is 0 Å². The maximum Gasteiger partial charge on any atom is 0.257 e. The molecular weight excluding hydrogens is 327 g/mol. The minimum Gasteiger partial charge on any atom is -0.297 e. The fraction of sp³-hybridized carbons (Fsp3) is 0. The normalized spacial score (nSPS) is 10.5. The van der Waals surface area contributed by atoms with Crippen LogP contribution in [0, 0.1) is 5.82 Å². The summed E-state index contributed by atoms with van der Waals surface area (Å²) in [5.74, 6) is -0.588. The quantitative estimate of drug-likeness (QED) is 0.794. The summed E-state index contributed by atoms with van der Waals surface area (Å²) in [6.45, 7) is 0. The zero-order chi connectivity index (χ0) is 15.5. The van der Waals surface area contributed by atoms with Crippen molar-refractivity contribution in [1.82, 2.24) is 14.3 Å². The van der Waals surface area contributed by atoms with Crippen LogP contribution in [0.1, 0.15) is 10.4 Å². The number of nitrogens with one attached hydrogen (secondary N) is 1. The number of rotatable bonds is 3. The summed E-state index contributed by atoms with van der Waals surface area (Å²) >= 11 is 6.69. The van der Waals surface area contributed by atoms with E-state index in [0.29, 0.717) is 16.6 Å². The van der Waals surface area contributed by atoms with Gasteiger partial charge in [0, 0.05) is 23.3 Å². The van der Waals surface area contributed by atoms with E-state index in [2.05, 4.69) is 19.7 Å². The second-order valence-electron chi connectivity index (χ2n) is 4.22. The third-order valence-corrected chi connectivity index (χ3v) is 3.64. The molecule has 8 heteroatoms. The number of carbonyl (C=O) groups excluding carboxylic acids is 1. The van der Waals surface area contributed by atoms with Crippen LogP contribution < -0.4 is 5.32 Å². The van der Waals surface area contributed by atoms with Crippen molar-refractivity contribution in [1.29, 1.82) is 0 Å². The molecule has 0 atom stereocenters. The van der Waals surface area contributed by atoms with E-state index in [1.54, 1.807) is 18.3 Å².